The smallest absolute Gasteiger partial charge is 0.316 e. The van der Waals surface area contributed by atoms with E-state index in [0.29, 0.717) is 38.8 Å². The molecular formula is C19H19FN4O4S. The number of hydrogen-bond acceptors (Lipinski definition) is 6. The van der Waals surface area contributed by atoms with Gasteiger partial charge in [0.15, 0.2) is 5.82 Å². The number of amides is 1. The van der Waals surface area contributed by atoms with Crippen molar-refractivity contribution in [3.63, 3.8) is 0 Å². The van der Waals surface area contributed by atoms with Crippen LogP contribution in [0.2, 0.25) is 0 Å². The summed E-state index contributed by atoms with van der Waals surface area (Å²) in [5, 5.41) is 0. The van der Waals surface area contributed by atoms with E-state index in [4.69, 9.17) is 4.74 Å². The summed E-state index contributed by atoms with van der Waals surface area (Å²) in [5.74, 6) is -0.455. The molecule has 3 aliphatic heterocycles. The Hall–Kier alpha value is -2.59. The molecule has 152 valence electrons. The van der Waals surface area contributed by atoms with Gasteiger partial charge in [0.2, 0.25) is 15.9 Å². The fourth-order valence-corrected chi connectivity index (χ4v) is 5.84. The summed E-state index contributed by atoms with van der Waals surface area (Å²) >= 11 is 0. The second-order valence-corrected chi connectivity index (χ2v) is 9.40. The summed E-state index contributed by atoms with van der Waals surface area (Å²) in [6, 6.07) is 3.43. The Labute approximate surface area is 167 Å². The van der Waals surface area contributed by atoms with E-state index in [9.17, 15) is 17.6 Å². The fraction of sp³-hybridized carbons (Fsp3) is 0.421. The van der Waals surface area contributed by atoms with Crippen molar-refractivity contribution in [3.8, 4) is 6.01 Å². The number of carbonyl (C=O) groups is 1. The number of aryl methyl sites for hydroxylation is 1. The van der Waals surface area contributed by atoms with Gasteiger partial charge in [-0.25, -0.2) is 22.8 Å². The summed E-state index contributed by atoms with van der Waals surface area (Å²) in [6.45, 7) is 1.12. The molecule has 10 heteroatoms. The first-order valence-corrected chi connectivity index (χ1v) is 11.0. The molecule has 1 amide bonds. The first kappa shape index (κ1) is 18.4. The maximum atomic E-state index is 13.2. The van der Waals surface area contributed by atoms with Crippen LogP contribution >= 0.6 is 0 Å². The Kier molecular flexibility index (Phi) is 4.28. The lowest BCUT2D eigenvalue weighted by molar-refractivity contribution is -0.118. The molecule has 0 unspecified atom stereocenters. The van der Waals surface area contributed by atoms with Crippen molar-refractivity contribution in [2.24, 2.45) is 0 Å². The van der Waals surface area contributed by atoms with E-state index < -0.39 is 21.9 Å². The molecule has 0 bridgehead atoms. The standard InChI is InChI=1S/C19H19FN4O4S/c20-14-9-21-19(22-10-14)28-15-4-5-23(11-15)29(26,27)16-7-12-1-2-17(25)24-6-3-13(8-16)18(12)24/h7-10,15H,1-6,11H2/t15-/m0/s1. The van der Waals surface area contributed by atoms with Crippen LogP contribution < -0.4 is 9.64 Å². The molecule has 0 saturated carbocycles. The summed E-state index contributed by atoms with van der Waals surface area (Å²) in [5.41, 5.74) is 2.74. The Morgan fingerprint density at radius 3 is 2.55 bits per heavy atom. The van der Waals surface area contributed by atoms with Crippen LogP contribution in [-0.2, 0) is 27.7 Å². The third-order valence-corrected chi connectivity index (χ3v) is 7.48. The molecule has 1 saturated heterocycles. The average Bonchev–Trinajstić information content (AvgIpc) is 3.35. The van der Waals surface area contributed by atoms with E-state index in [2.05, 4.69) is 9.97 Å². The molecule has 1 aromatic carbocycles. The number of aromatic nitrogens is 2. The summed E-state index contributed by atoms with van der Waals surface area (Å²) in [4.78, 5) is 21.6. The lowest BCUT2D eigenvalue weighted by Gasteiger charge is -2.26. The van der Waals surface area contributed by atoms with Crippen LogP contribution in [0.15, 0.2) is 29.4 Å². The number of sulfonamides is 1. The topological polar surface area (TPSA) is 92.7 Å². The largest absolute Gasteiger partial charge is 0.459 e. The van der Waals surface area contributed by atoms with Crippen molar-refractivity contribution in [1.82, 2.24) is 14.3 Å². The average molecular weight is 418 g/mol. The van der Waals surface area contributed by atoms with Gasteiger partial charge < -0.3 is 9.64 Å². The lowest BCUT2D eigenvalue weighted by atomic mass is 10.00. The third-order valence-electron chi connectivity index (χ3n) is 5.64. The highest BCUT2D eigenvalue weighted by atomic mass is 32.2. The Balaban J connectivity index is 1.37. The van der Waals surface area contributed by atoms with Crippen LogP contribution in [0.5, 0.6) is 6.01 Å². The van der Waals surface area contributed by atoms with Gasteiger partial charge in [-0.1, -0.05) is 0 Å². The fourth-order valence-electron chi connectivity index (χ4n) is 4.25. The van der Waals surface area contributed by atoms with Gasteiger partial charge in [0, 0.05) is 19.5 Å². The van der Waals surface area contributed by atoms with Crippen molar-refractivity contribution < 1.29 is 22.3 Å². The molecule has 1 aromatic heterocycles. The summed E-state index contributed by atoms with van der Waals surface area (Å²) < 4.78 is 46.4. The van der Waals surface area contributed by atoms with Crippen LogP contribution in [0.3, 0.4) is 0 Å². The minimum atomic E-state index is -3.68. The molecule has 0 aliphatic carbocycles. The monoisotopic (exact) mass is 418 g/mol. The molecule has 0 spiro atoms. The number of anilines is 1. The van der Waals surface area contributed by atoms with Crippen LogP contribution in [-0.4, -0.2) is 54.3 Å². The third kappa shape index (κ3) is 3.16. The van der Waals surface area contributed by atoms with E-state index in [0.717, 1.165) is 29.2 Å². The van der Waals surface area contributed by atoms with Crippen molar-refractivity contribution in [2.45, 2.75) is 36.7 Å². The first-order valence-electron chi connectivity index (χ1n) is 9.52. The molecule has 3 aliphatic rings. The lowest BCUT2D eigenvalue weighted by Crippen LogP contribution is -2.33. The molecular weight excluding hydrogens is 399 g/mol. The van der Waals surface area contributed by atoms with Gasteiger partial charge in [0.05, 0.1) is 29.5 Å². The Morgan fingerprint density at radius 2 is 1.79 bits per heavy atom. The first-order chi connectivity index (χ1) is 13.9. The second kappa shape index (κ2) is 6.74. The number of rotatable bonds is 4. The number of carbonyl (C=O) groups excluding carboxylic acids is 1. The van der Waals surface area contributed by atoms with Crippen molar-refractivity contribution >= 4 is 21.6 Å². The zero-order chi connectivity index (χ0) is 20.2. The van der Waals surface area contributed by atoms with Crippen LogP contribution in [0, 0.1) is 5.82 Å². The quantitative estimate of drug-likeness (QED) is 0.743. The summed E-state index contributed by atoms with van der Waals surface area (Å²) in [7, 11) is -3.68. The van der Waals surface area contributed by atoms with Gasteiger partial charge in [-0.05, 0) is 42.5 Å². The molecule has 2 aromatic rings. The minimum absolute atomic E-state index is 0.0300. The van der Waals surface area contributed by atoms with E-state index in [1.54, 1.807) is 17.0 Å². The number of ether oxygens (including phenoxy) is 1. The predicted molar refractivity (Wildman–Crippen MR) is 101 cm³/mol. The highest BCUT2D eigenvalue weighted by Crippen LogP contribution is 2.39. The van der Waals surface area contributed by atoms with Crippen molar-refractivity contribution in [3.05, 3.63) is 41.5 Å². The van der Waals surface area contributed by atoms with Gasteiger partial charge in [-0.15, -0.1) is 0 Å². The number of nitrogens with zero attached hydrogens (tertiary/aromatic N) is 4. The van der Waals surface area contributed by atoms with Crippen molar-refractivity contribution in [1.29, 1.82) is 0 Å². The highest BCUT2D eigenvalue weighted by Gasteiger charge is 2.37. The van der Waals surface area contributed by atoms with E-state index >= 15 is 0 Å². The molecule has 0 N–H and O–H groups in total. The molecule has 0 radical (unpaired) electrons. The van der Waals surface area contributed by atoms with Gasteiger partial charge in [0.1, 0.15) is 6.10 Å². The zero-order valence-electron chi connectivity index (χ0n) is 15.5. The zero-order valence-corrected chi connectivity index (χ0v) is 16.4. The van der Waals surface area contributed by atoms with Gasteiger partial charge in [0.25, 0.3) is 0 Å². The van der Waals surface area contributed by atoms with E-state index in [-0.39, 0.29) is 23.4 Å². The highest BCUT2D eigenvalue weighted by molar-refractivity contribution is 7.89. The van der Waals surface area contributed by atoms with Gasteiger partial charge in [-0.2, -0.15) is 4.31 Å². The number of hydrogen-bond donors (Lipinski definition) is 0. The van der Waals surface area contributed by atoms with Crippen LogP contribution in [0.1, 0.15) is 24.0 Å². The Bertz CT molecular complexity index is 1090. The van der Waals surface area contributed by atoms with Crippen LogP contribution in [0.4, 0.5) is 10.1 Å². The normalized spacial score (nSPS) is 21.5. The molecule has 8 nitrogen and oxygen atoms in total. The molecule has 5 rings (SSSR count). The Morgan fingerprint density at radius 1 is 1.07 bits per heavy atom. The van der Waals surface area contributed by atoms with Gasteiger partial charge in [-0.3, -0.25) is 4.79 Å². The van der Waals surface area contributed by atoms with Crippen molar-refractivity contribution in [2.75, 3.05) is 24.5 Å². The van der Waals surface area contributed by atoms with Gasteiger partial charge >= 0.3 is 6.01 Å². The van der Waals surface area contributed by atoms with E-state index in [1.807, 2.05) is 0 Å². The van der Waals surface area contributed by atoms with Crippen LogP contribution in [0.25, 0.3) is 0 Å². The maximum absolute atomic E-state index is 13.2. The van der Waals surface area contributed by atoms with E-state index in [1.165, 1.54) is 4.31 Å². The molecule has 29 heavy (non-hydrogen) atoms. The molecule has 1 atom stereocenters. The maximum Gasteiger partial charge on any atom is 0.316 e. The number of benzene rings is 1. The summed E-state index contributed by atoms with van der Waals surface area (Å²) in [6.07, 6.45) is 3.77. The second-order valence-electron chi connectivity index (χ2n) is 7.46. The SMILES string of the molecule is O=C1CCc2cc(S(=O)(=O)N3CC[C@H](Oc4ncc(F)cn4)C3)cc3c2N1CC3. The molecule has 4 heterocycles. The predicted octanol–water partition coefficient (Wildman–Crippen LogP) is 1.29. The minimum Gasteiger partial charge on any atom is -0.459 e. The number of halogens is 1. The molecule has 1 fully saturated rings.